The normalized spacial score (nSPS) is 12.6. The molecule has 1 atom stereocenters. The summed E-state index contributed by atoms with van der Waals surface area (Å²) in [5.74, 6) is -0.208. The third kappa shape index (κ3) is 5.36. The van der Waals surface area contributed by atoms with Crippen LogP contribution in [0.25, 0.3) is 0 Å². The first-order valence-corrected chi connectivity index (χ1v) is 6.81. The van der Waals surface area contributed by atoms with Crippen LogP contribution < -0.4 is 11.1 Å². The fraction of sp³-hybridized carbons (Fsp3) is 0.643. The molecular weight excluding hydrogens is 226 g/mol. The largest absolute Gasteiger partial charge is 0.370 e. The molecule has 1 unspecified atom stereocenters. The van der Waals surface area contributed by atoms with E-state index >= 15 is 0 Å². The standard InChI is InChI=1S/C14H25N3O/c1-3-8-16-12(2)13-7-10-17(11-13)9-5-4-6-14(15)18/h7,10-12,16H,3-6,8-9H2,1-2H3,(H2,15,18). The average Bonchev–Trinajstić information content (AvgIpc) is 2.80. The highest BCUT2D eigenvalue weighted by molar-refractivity contribution is 5.73. The molecule has 0 saturated carbocycles. The van der Waals surface area contributed by atoms with Crippen LogP contribution in [0.4, 0.5) is 0 Å². The van der Waals surface area contributed by atoms with Gasteiger partial charge in [0.25, 0.3) is 0 Å². The first kappa shape index (κ1) is 14.8. The van der Waals surface area contributed by atoms with E-state index in [2.05, 4.69) is 42.2 Å². The molecule has 0 aromatic carbocycles. The number of aryl methyl sites for hydroxylation is 1. The van der Waals surface area contributed by atoms with Crippen LogP contribution in [0.1, 0.15) is 51.1 Å². The lowest BCUT2D eigenvalue weighted by atomic mass is 10.2. The van der Waals surface area contributed by atoms with Gasteiger partial charge in [0.05, 0.1) is 0 Å². The molecule has 1 aromatic heterocycles. The topological polar surface area (TPSA) is 60.1 Å². The second kappa shape index (κ2) is 7.93. The summed E-state index contributed by atoms with van der Waals surface area (Å²) < 4.78 is 2.18. The molecule has 18 heavy (non-hydrogen) atoms. The maximum absolute atomic E-state index is 10.6. The number of primary amides is 1. The van der Waals surface area contributed by atoms with Gasteiger partial charge in [-0.15, -0.1) is 0 Å². The van der Waals surface area contributed by atoms with Crippen LogP contribution in [0.15, 0.2) is 18.5 Å². The molecule has 1 aromatic rings. The quantitative estimate of drug-likeness (QED) is 0.661. The van der Waals surface area contributed by atoms with Crippen LogP contribution >= 0.6 is 0 Å². The molecule has 0 radical (unpaired) electrons. The first-order valence-electron chi connectivity index (χ1n) is 6.81. The van der Waals surface area contributed by atoms with Crippen LogP contribution in [0, 0.1) is 0 Å². The van der Waals surface area contributed by atoms with Gasteiger partial charge in [0.2, 0.25) is 5.91 Å². The third-order valence-corrected chi connectivity index (χ3v) is 3.06. The zero-order valence-electron chi connectivity index (χ0n) is 11.5. The highest BCUT2D eigenvalue weighted by atomic mass is 16.1. The van der Waals surface area contributed by atoms with Crippen molar-refractivity contribution >= 4 is 5.91 Å². The fourth-order valence-corrected chi connectivity index (χ4v) is 1.93. The Morgan fingerprint density at radius 3 is 2.94 bits per heavy atom. The molecule has 1 amide bonds. The lowest BCUT2D eigenvalue weighted by Gasteiger charge is -2.11. The highest BCUT2D eigenvalue weighted by Gasteiger charge is 2.05. The van der Waals surface area contributed by atoms with E-state index < -0.39 is 0 Å². The Morgan fingerprint density at radius 1 is 1.50 bits per heavy atom. The SMILES string of the molecule is CCCNC(C)c1ccn(CCCCC(N)=O)c1. The Morgan fingerprint density at radius 2 is 2.28 bits per heavy atom. The van der Waals surface area contributed by atoms with Crippen molar-refractivity contribution in [1.29, 1.82) is 0 Å². The van der Waals surface area contributed by atoms with E-state index in [0.717, 1.165) is 32.4 Å². The monoisotopic (exact) mass is 251 g/mol. The van der Waals surface area contributed by atoms with Crippen LogP contribution in [-0.2, 0) is 11.3 Å². The van der Waals surface area contributed by atoms with Gasteiger partial charge >= 0.3 is 0 Å². The number of unbranched alkanes of at least 4 members (excludes halogenated alkanes) is 1. The maximum Gasteiger partial charge on any atom is 0.217 e. The van der Waals surface area contributed by atoms with E-state index in [9.17, 15) is 4.79 Å². The second-order valence-corrected chi connectivity index (χ2v) is 4.78. The number of nitrogens with one attached hydrogen (secondary N) is 1. The van der Waals surface area contributed by atoms with E-state index in [0.29, 0.717) is 12.5 Å². The van der Waals surface area contributed by atoms with Crippen molar-refractivity contribution in [2.45, 2.75) is 52.1 Å². The lowest BCUT2D eigenvalue weighted by Crippen LogP contribution is -2.18. The molecule has 0 aliphatic heterocycles. The van der Waals surface area contributed by atoms with Gasteiger partial charge in [0, 0.05) is 31.4 Å². The molecule has 0 fully saturated rings. The van der Waals surface area contributed by atoms with Crippen molar-refractivity contribution < 1.29 is 4.79 Å². The van der Waals surface area contributed by atoms with Crippen LogP contribution in [0.3, 0.4) is 0 Å². The van der Waals surface area contributed by atoms with Gasteiger partial charge in [0.15, 0.2) is 0 Å². The van der Waals surface area contributed by atoms with E-state index in [1.54, 1.807) is 0 Å². The Hall–Kier alpha value is -1.29. The minimum Gasteiger partial charge on any atom is -0.370 e. The first-order chi connectivity index (χ1) is 8.63. The van der Waals surface area contributed by atoms with Crippen molar-refractivity contribution in [2.75, 3.05) is 6.54 Å². The molecule has 0 bridgehead atoms. The van der Waals surface area contributed by atoms with Gasteiger partial charge in [0.1, 0.15) is 0 Å². The van der Waals surface area contributed by atoms with Crippen LogP contribution in [0.5, 0.6) is 0 Å². The third-order valence-electron chi connectivity index (χ3n) is 3.06. The number of amides is 1. The number of carbonyl (C=O) groups is 1. The molecular formula is C14H25N3O. The van der Waals surface area contributed by atoms with Crippen LogP contribution in [0.2, 0.25) is 0 Å². The summed E-state index contributed by atoms with van der Waals surface area (Å²) in [4.78, 5) is 10.6. The van der Waals surface area contributed by atoms with Gasteiger partial charge in [-0.1, -0.05) is 6.92 Å². The Labute approximate surface area is 110 Å². The van der Waals surface area contributed by atoms with E-state index in [-0.39, 0.29) is 5.91 Å². The van der Waals surface area contributed by atoms with Gasteiger partial charge < -0.3 is 15.6 Å². The van der Waals surface area contributed by atoms with Crippen molar-refractivity contribution in [3.8, 4) is 0 Å². The number of hydrogen-bond donors (Lipinski definition) is 2. The van der Waals surface area contributed by atoms with Gasteiger partial charge in [-0.2, -0.15) is 0 Å². The molecule has 102 valence electrons. The van der Waals surface area contributed by atoms with Gasteiger partial charge in [-0.25, -0.2) is 0 Å². The molecule has 0 saturated heterocycles. The molecule has 3 N–H and O–H groups in total. The number of rotatable bonds is 9. The summed E-state index contributed by atoms with van der Waals surface area (Å²) in [6, 6.07) is 2.55. The van der Waals surface area contributed by atoms with Crippen molar-refractivity contribution in [1.82, 2.24) is 9.88 Å². The van der Waals surface area contributed by atoms with Crippen molar-refractivity contribution in [3.05, 3.63) is 24.0 Å². The Balaban J connectivity index is 2.31. The van der Waals surface area contributed by atoms with Crippen molar-refractivity contribution in [3.63, 3.8) is 0 Å². The number of nitrogens with zero attached hydrogens (tertiary/aromatic N) is 1. The summed E-state index contributed by atoms with van der Waals surface area (Å²) in [6.07, 6.45) is 7.78. The fourth-order valence-electron chi connectivity index (χ4n) is 1.93. The number of nitrogens with two attached hydrogens (primary N) is 1. The van der Waals surface area contributed by atoms with E-state index in [4.69, 9.17) is 5.73 Å². The molecule has 0 spiro atoms. The Bertz CT molecular complexity index is 360. The minimum absolute atomic E-state index is 0.208. The summed E-state index contributed by atoms with van der Waals surface area (Å²) in [7, 11) is 0. The maximum atomic E-state index is 10.6. The smallest absolute Gasteiger partial charge is 0.217 e. The van der Waals surface area contributed by atoms with Gasteiger partial charge in [-0.3, -0.25) is 4.79 Å². The molecule has 4 heteroatoms. The molecule has 0 aliphatic rings. The van der Waals surface area contributed by atoms with Crippen molar-refractivity contribution in [2.24, 2.45) is 5.73 Å². The number of carbonyl (C=O) groups excluding carboxylic acids is 1. The minimum atomic E-state index is -0.208. The summed E-state index contributed by atoms with van der Waals surface area (Å²) in [6.45, 7) is 6.35. The van der Waals surface area contributed by atoms with Crippen LogP contribution in [-0.4, -0.2) is 17.0 Å². The summed E-state index contributed by atoms with van der Waals surface area (Å²) >= 11 is 0. The van der Waals surface area contributed by atoms with Gasteiger partial charge in [-0.05, 0) is 44.4 Å². The summed E-state index contributed by atoms with van der Waals surface area (Å²) in [5.41, 5.74) is 6.43. The van der Waals surface area contributed by atoms with E-state index in [1.807, 2.05) is 0 Å². The number of aromatic nitrogens is 1. The number of hydrogen-bond acceptors (Lipinski definition) is 2. The Kier molecular flexibility index (Phi) is 6.50. The average molecular weight is 251 g/mol. The molecule has 1 heterocycles. The predicted octanol–water partition coefficient (Wildman–Crippen LogP) is 2.20. The predicted molar refractivity (Wildman–Crippen MR) is 74.2 cm³/mol. The molecule has 0 aliphatic carbocycles. The lowest BCUT2D eigenvalue weighted by molar-refractivity contribution is -0.118. The molecule has 4 nitrogen and oxygen atoms in total. The molecule has 1 rings (SSSR count). The zero-order chi connectivity index (χ0) is 13.4. The van der Waals surface area contributed by atoms with E-state index in [1.165, 1.54) is 5.56 Å². The zero-order valence-corrected chi connectivity index (χ0v) is 11.5. The second-order valence-electron chi connectivity index (χ2n) is 4.78. The highest BCUT2D eigenvalue weighted by Crippen LogP contribution is 2.13. The summed E-state index contributed by atoms with van der Waals surface area (Å²) in [5, 5.41) is 3.47.